The smallest absolute Gasteiger partial charge is 0.319 e. The molecule has 0 aromatic rings. The number of carbonyl (C=O) groups is 2. The SMILES string of the molecule is CC(C)CN1CCCCOC(=O)C(C)(C)C(=O)CC[C@H](C)C[C@@H](C)CN(C)CC1. The van der Waals surface area contributed by atoms with Crippen molar-refractivity contribution in [3.63, 3.8) is 0 Å². The van der Waals surface area contributed by atoms with Crippen LogP contribution in [-0.2, 0) is 14.3 Å². The molecule has 170 valence electrons. The minimum atomic E-state index is -1.04. The van der Waals surface area contributed by atoms with Crippen molar-refractivity contribution in [1.29, 1.82) is 0 Å². The van der Waals surface area contributed by atoms with Gasteiger partial charge in [0.2, 0.25) is 0 Å². The van der Waals surface area contributed by atoms with Crippen LogP contribution in [0.25, 0.3) is 0 Å². The molecule has 1 saturated heterocycles. The number of Topliss-reactive ketones (excluding diaryl/α,β-unsaturated/α-hetero) is 1. The third-order valence-corrected chi connectivity index (χ3v) is 6.02. The summed E-state index contributed by atoms with van der Waals surface area (Å²) < 4.78 is 5.46. The lowest BCUT2D eigenvalue weighted by Crippen LogP contribution is -2.38. The number of cyclic esters (lactones) is 1. The first kappa shape index (κ1) is 26.1. The third-order valence-electron chi connectivity index (χ3n) is 6.02. The summed E-state index contributed by atoms with van der Waals surface area (Å²) in [5.74, 6) is 1.35. The maximum Gasteiger partial charge on any atom is 0.319 e. The maximum atomic E-state index is 12.6. The van der Waals surface area contributed by atoms with Crippen LogP contribution in [0.1, 0.15) is 73.6 Å². The standard InChI is InChI=1S/C24H46N2O3/c1-19(2)17-26-12-8-9-15-29-23(28)24(5,6)22(27)11-10-20(3)16-21(4)18-25(7)13-14-26/h19-21H,8-18H2,1-7H3/t20-,21+/m0/s1. The molecule has 0 aromatic carbocycles. The van der Waals surface area contributed by atoms with Gasteiger partial charge in [-0.25, -0.2) is 0 Å². The highest BCUT2D eigenvalue weighted by molar-refractivity contribution is 6.02. The summed E-state index contributed by atoms with van der Waals surface area (Å²) in [6, 6.07) is 0. The molecule has 0 saturated carbocycles. The summed E-state index contributed by atoms with van der Waals surface area (Å²) >= 11 is 0. The highest BCUT2D eigenvalue weighted by atomic mass is 16.5. The summed E-state index contributed by atoms with van der Waals surface area (Å²) in [7, 11) is 2.22. The maximum absolute atomic E-state index is 12.6. The van der Waals surface area contributed by atoms with E-state index in [1.807, 2.05) is 0 Å². The topological polar surface area (TPSA) is 49.9 Å². The second-order valence-corrected chi connectivity index (χ2v) is 10.3. The number of hydrogen-bond donors (Lipinski definition) is 0. The van der Waals surface area contributed by atoms with Gasteiger partial charge in [0.1, 0.15) is 11.2 Å². The summed E-state index contributed by atoms with van der Waals surface area (Å²) in [4.78, 5) is 30.1. The fraction of sp³-hybridized carbons (Fsp3) is 0.917. The molecule has 1 aliphatic heterocycles. The van der Waals surface area contributed by atoms with Gasteiger partial charge in [-0.2, -0.15) is 0 Å². The van der Waals surface area contributed by atoms with Crippen molar-refractivity contribution in [2.24, 2.45) is 23.2 Å². The lowest BCUT2D eigenvalue weighted by atomic mass is 9.83. The molecule has 5 heteroatoms. The van der Waals surface area contributed by atoms with Crippen molar-refractivity contribution in [2.75, 3.05) is 46.4 Å². The lowest BCUT2D eigenvalue weighted by Gasteiger charge is -2.29. The van der Waals surface area contributed by atoms with Gasteiger partial charge in [-0.05, 0) is 70.9 Å². The van der Waals surface area contributed by atoms with E-state index in [0.29, 0.717) is 30.8 Å². The summed E-state index contributed by atoms with van der Waals surface area (Å²) in [5.41, 5.74) is -1.04. The first-order chi connectivity index (χ1) is 13.5. The molecule has 5 nitrogen and oxygen atoms in total. The molecule has 1 heterocycles. The highest BCUT2D eigenvalue weighted by Crippen LogP contribution is 2.25. The molecule has 2 atom stereocenters. The van der Waals surface area contributed by atoms with Gasteiger partial charge in [0, 0.05) is 32.6 Å². The van der Waals surface area contributed by atoms with Crippen molar-refractivity contribution < 1.29 is 14.3 Å². The molecular weight excluding hydrogens is 364 g/mol. The van der Waals surface area contributed by atoms with Crippen LogP contribution in [0, 0.1) is 23.2 Å². The van der Waals surface area contributed by atoms with Crippen LogP contribution in [0.15, 0.2) is 0 Å². The zero-order valence-electron chi connectivity index (χ0n) is 20.1. The Kier molecular flexibility index (Phi) is 11.4. The van der Waals surface area contributed by atoms with Crippen LogP contribution in [0.4, 0.5) is 0 Å². The van der Waals surface area contributed by atoms with Crippen LogP contribution < -0.4 is 0 Å². The largest absolute Gasteiger partial charge is 0.465 e. The monoisotopic (exact) mass is 410 g/mol. The first-order valence-corrected chi connectivity index (χ1v) is 11.6. The molecule has 0 bridgehead atoms. The van der Waals surface area contributed by atoms with Gasteiger partial charge in [0.15, 0.2) is 0 Å². The predicted octanol–water partition coefficient (Wildman–Crippen LogP) is 4.25. The van der Waals surface area contributed by atoms with E-state index in [4.69, 9.17) is 4.74 Å². The zero-order valence-corrected chi connectivity index (χ0v) is 20.1. The van der Waals surface area contributed by atoms with Crippen molar-refractivity contribution in [2.45, 2.75) is 73.6 Å². The number of likely N-dealkylation sites (N-methyl/N-ethyl adjacent to an activating group) is 1. The molecule has 0 unspecified atom stereocenters. The molecule has 1 aliphatic rings. The van der Waals surface area contributed by atoms with E-state index in [0.717, 1.165) is 58.4 Å². The van der Waals surface area contributed by atoms with Crippen LogP contribution in [0.3, 0.4) is 0 Å². The Balaban J connectivity index is 2.77. The van der Waals surface area contributed by atoms with E-state index >= 15 is 0 Å². The molecule has 0 spiro atoms. The Morgan fingerprint density at radius 2 is 1.76 bits per heavy atom. The Bertz CT molecular complexity index is 504. The molecule has 1 fully saturated rings. The number of esters is 1. The van der Waals surface area contributed by atoms with Gasteiger partial charge >= 0.3 is 5.97 Å². The molecule has 0 N–H and O–H groups in total. The number of carbonyl (C=O) groups excluding carboxylic acids is 2. The van der Waals surface area contributed by atoms with Gasteiger partial charge < -0.3 is 14.5 Å². The summed E-state index contributed by atoms with van der Waals surface area (Å²) in [6.45, 7) is 18.2. The van der Waals surface area contributed by atoms with E-state index in [2.05, 4.69) is 44.5 Å². The molecule has 0 radical (unpaired) electrons. The zero-order chi connectivity index (χ0) is 22.0. The van der Waals surface area contributed by atoms with Crippen molar-refractivity contribution in [3.05, 3.63) is 0 Å². The summed E-state index contributed by atoms with van der Waals surface area (Å²) in [5, 5.41) is 0. The molecule has 29 heavy (non-hydrogen) atoms. The van der Waals surface area contributed by atoms with Crippen molar-refractivity contribution in [3.8, 4) is 0 Å². The Morgan fingerprint density at radius 1 is 1.07 bits per heavy atom. The Morgan fingerprint density at radius 3 is 2.41 bits per heavy atom. The van der Waals surface area contributed by atoms with E-state index in [-0.39, 0.29) is 11.8 Å². The number of rotatable bonds is 2. The molecular formula is C24H46N2O3. The highest BCUT2D eigenvalue weighted by Gasteiger charge is 2.37. The average Bonchev–Trinajstić information content (AvgIpc) is 2.61. The fourth-order valence-electron chi connectivity index (χ4n) is 4.21. The van der Waals surface area contributed by atoms with Gasteiger partial charge in [0.05, 0.1) is 6.61 Å². The second kappa shape index (κ2) is 12.7. The van der Waals surface area contributed by atoms with E-state index in [1.54, 1.807) is 13.8 Å². The van der Waals surface area contributed by atoms with E-state index in [9.17, 15) is 9.59 Å². The number of hydrogen-bond acceptors (Lipinski definition) is 5. The Hall–Kier alpha value is -0.940. The quantitative estimate of drug-likeness (QED) is 0.503. The van der Waals surface area contributed by atoms with E-state index in [1.165, 1.54) is 0 Å². The normalized spacial score (nSPS) is 28.0. The second-order valence-electron chi connectivity index (χ2n) is 10.3. The lowest BCUT2D eigenvalue weighted by molar-refractivity contribution is -0.158. The molecule has 1 rings (SSSR count). The Labute approximate surface area is 179 Å². The van der Waals surface area contributed by atoms with Crippen LogP contribution >= 0.6 is 0 Å². The molecule has 0 aromatic heterocycles. The van der Waals surface area contributed by atoms with Gasteiger partial charge in [0.25, 0.3) is 0 Å². The third kappa shape index (κ3) is 10.1. The number of ketones is 1. The van der Waals surface area contributed by atoms with Gasteiger partial charge in [-0.1, -0.05) is 27.7 Å². The number of ether oxygens (including phenoxy) is 1. The molecule has 0 aliphatic carbocycles. The van der Waals surface area contributed by atoms with Gasteiger partial charge in [-0.3, -0.25) is 9.59 Å². The predicted molar refractivity (Wildman–Crippen MR) is 120 cm³/mol. The average molecular weight is 411 g/mol. The number of nitrogens with zero attached hydrogens (tertiary/aromatic N) is 2. The minimum absolute atomic E-state index is 0.00310. The van der Waals surface area contributed by atoms with Crippen molar-refractivity contribution in [1.82, 2.24) is 9.80 Å². The fourth-order valence-corrected chi connectivity index (χ4v) is 4.21. The first-order valence-electron chi connectivity index (χ1n) is 11.6. The van der Waals surface area contributed by atoms with Crippen LogP contribution in [0.5, 0.6) is 0 Å². The molecule has 0 amide bonds. The van der Waals surface area contributed by atoms with E-state index < -0.39 is 5.41 Å². The van der Waals surface area contributed by atoms with Crippen LogP contribution in [0.2, 0.25) is 0 Å². The van der Waals surface area contributed by atoms with Crippen LogP contribution in [-0.4, -0.2) is 67.9 Å². The van der Waals surface area contributed by atoms with Gasteiger partial charge in [-0.15, -0.1) is 0 Å². The minimum Gasteiger partial charge on any atom is -0.465 e. The van der Waals surface area contributed by atoms with Crippen molar-refractivity contribution >= 4 is 11.8 Å². The summed E-state index contributed by atoms with van der Waals surface area (Å²) in [6.07, 6.45) is 4.25.